The summed E-state index contributed by atoms with van der Waals surface area (Å²) in [6.45, 7) is 4.39. The van der Waals surface area contributed by atoms with Crippen LogP contribution in [0.3, 0.4) is 0 Å². The number of aromatic nitrogens is 2. The van der Waals surface area contributed by atoms with Gasteiger partial charge in [0.05, 0.1) is 5.69 Å². The maximum Gasteiger partial charge on any atom is 0.259 e. The average molecular weight is 329 g/mol. The summed E-state index contributed by atoms with van der Waals surface area (Å²) in [5.41, 5.74) is 7.67. The van der Waals surface area contributed by atoms with Crippen molar-refractivity contribution < 1.29 is 0 Å². The largest absolute Gasteiger partial charge is 0.329 e. The first-order valence-electron chi connectivity index (χ1n) is 7.10. The minimum absolute atomic E-state index is 0. The van der Waals surface area contributed by atoms with Crippen LogP contribution in [0.1, 0.15) is 30.7 Å². The molecule has 0 saturated carbocycles. The fraction of sp³-hybridized carbons (Fsp3) is 0.571. The van der Waals surface area contributed by atoms with Crippen LogP contribution in [0.15, 0.2) is 16.2 Å². The van der Waals surface area contributed by atoms with Crippen LogP contribution < -0.4 is 11.3 Å². The van der Waals surface area contributed by atoms with Gasteiger partial charge in [0.2, 0.25) is 0 Å². The summed E-state index contributed by atoms with van der Waals surface area (Å²) < 4.78 is 1.67. The number of nitrogens with zero attached hydrogens (tertiary/aromatic N) is 3. The highest BCUT2D eigenvalue weighted by atomic mass is 35.5. The lowest BCUT2D eigenvalue weighted by Gasteiger charge is -2.34. The molecule has 5 nitrogen and oxygen atoms in total. The Kier molecular flexibility index (Phi) is 5.37. The van der Waals surface area contributed by atoms with Gasteiger partial charge < -0.3 is 5.73 Å². The number of nitrogens with two attached hydrogens (primary N) is 1. The van der Waals surface area contributed by atoms with Gasteiger partial charge in [-0.05, 0) is 26.3 Å². The maximum atomic E-state index is 12.2. The maximum absolute atomic E-state index is 12.2. The topological polar surface area (TPSA) is 63.6 Å². The van der Waals surface area contributed by atoms with Crippen molar-refractivity contribution in [3.05, 3.63) is 33.2 Å². The second-order valence-electron chi connectivity index (χ2n) is 5.44. The Bertz CT molecular complexity index is 669. The van der Waals surface area contributed by atoms with Gasteiger partial charge in [0.25, 0.3) is 5.56 Å². The molecule has 0 spiro atoms. The van der Waals surface area contributed by atoms with E-state index in [0.717, 1.165) is 35.9 Å². The Hall–Kier alpha value is -0.950. The van der Waals surface area contributed by atoms with Crippen LogP contribution in [0.25, 0.3) is 4.96 Å². The molecule has 1 aliphatic rings. The third-order valence-electron chi connectivity index (χ3n) is 4.01. The van der Waals surface area contributed by atoms with Crippen molar-refractivity contribution in [3.8, 4) is 0 Å². The Balaban J connectivity index is 0.00000161. The minimum Gasteiger partial charge on any atom is -0.329 e. The fourth-order valence-corrected chi connectivity index (χ4v) is 3.82. The summed E-state index contributed by atoms with van der Waals surface area (Å²) in [5, 5.41) is 1.97. The lowest BCUT2D eigenvalue weighted by atomic mass is 10.0. The normalized spacial score (nSPS) is 19.6. The van der Waals surface area contributed by atoms with Crippen molar-refractivity contribution in [2.75, 3.05) is 13.1 Å². The molecule has 0 aromatic carbocycles. The molecule has 3 rings (SSSR count). The first-order chi connectivity index (χ1) is 9.69. The highest BCUT2D eigenvalue weighted by Gasteiger charge is 2.21. The first kappa shape index (κ1) is 16.4. The van der Waals surface area contributed by atoms with E-state index in [9.17, 15) is 4.79 Å². The number of piperidine rings is 1. The predicted molar refractivity (Wildman–Crippen MR) is 88.4 cm³/mol. The van der Waals surface area contributed by atoms with Crippen molar-refractivity contribution >= 4 is 28.7 Å². The van der Waals surface area contributed by atoms with E-state index in [2.05, 4.69) is 9.88 Å². The Morgan fingerprint density at radius 2 is 2.29 bits per heavy atom. The van der Waals surface area contributed by atoms with Gasteiger partial charge in [-0.25, -0.2) is 4.98 Å². The Morgan fingerprint density at radius 3 is 3.05 bits per heavy atom. The highest BCUT2D eigenvalue weighted by Crippen LogP contribution is 2.19. The van der Waals surface area contributed by atoms with Crippen LogP contribution in [0, 0.1) is 6.92 Å². The van der Waals surface area contributed by atoms with Gasteiger partial charge in [-0.15, -0.1) is 23.7 Å². The molecule has 7 heteroatoms. The number of hydrogen-bond acceptors (Lipinski definition) is 5. The van der Waals surface area contributed by atoms with Gasteiger partial charge in [-0.2, -0.15) is 0 Å². The van der Waals surface area contributed by atoms with E-state index in [1.807, 2.05) is 12.3 Å². The zero-order valence-electron chi connectivity index (χ0n) is 12.1. The second-order valence-corrected chi connectivity index (χ2v) is 6.27. The Labute approximate surface area is 134 Å². The summed E-state index contributed by atoms with van der Waals surface area (Å²) >= 11 is 1.52. The molecule has 1 aliphatic heterocycles. The summed E-state index contributed by atoms with van der Waals surface area (Å²) in [6, 6.07) is 2.09. The highest BCUT2D eigenvalue weighted by molar-refractivity contribution is 7.15. The minimum atomic E-state index is 0. The van der Waals surface area contributed by atoms with E-state index in [-0.39, 0.29) is 18.0 Å². The number of likely N-dealkylation sites (tertiary alicyclic amines) is 1. The zero-order valence-corrected chi connectivity index (χ0v) is 13.8. The molecule has 3 heterocycles. The molecule has 0 aliphatic carbocycles. The van der Waals surface area contributed by atoms with Gasteiger partial charge in [0, 0.05) is 36.3 Å². The van der Waals surface area contributed by atoms with Crippen molar-refractivity contribution in [2.45, 2.75) is 38.8 Å². The molecular formula is C14H21ClN4OS. The van der Waals surface area contributed by atoms with Crippen molar-refractivity contribution in [1.82, 2.24) is 14.3 Å². The summed E-state index contributed by atoms with van der Waals surface area (Å²) in [6.07, 6.45) is 3.60. The van der Waals surface area contributed by atoms with Crippen LogP contribution in [-0.2, 0) is 6.54 Å². The third-order valence-corrected chi connectivity index (χ3v) is 4.96. The van der Waals surface area contributed by atoms with Crippen LogP contribution in [0.2, 0.25) is 0 Å². The number of fused-ring (bicyclic) bond motifs is 1. The number of halogens is 1. The van der Waals surface area contributed by atoms with Gasteiger partial charge in [-0.3, -0.25) is 14.1 Å². The van der Waals surface area contributed by atoms with Crippen LogP contribution in [-0.4, -0.2) is 33.4 Å². The van der Waals surface area contributed by atoms with Crippen molar-refractivity contribution in [1.29, 1.82) is 0 Å². The summed E-state index contributed by atoms with van der Waals surface area (Å²) in [5.74, 6) is 0. The fourth-order valence-electron chi connectivity index (χ4n) is 2.93. The molecule has 2 N–H and O–H groups in total. The summed E-state index contributed by atoms with van der Waals surface area (Å²) in [4.78, 5) is 19.9. The molecule has 0 bridgehead atoms. The standard InChI is InChI=1S/C14H20N4OS.ClH/c1-10-9-20-14-16-11(6-13(19)18(10)14)8-17-5-3-2-4-12(17)7-15;/h6,9,12H,2-5,7-8,15H2,1H3;1H. The molecular weight excluding hydrogens is 308 g/mol. The van der Waals surface area contributed by atoms with Gasteiger partial charge >= 0.3 is 0 Å². The first-order valence-corrected chi connectivity index (χ1v) is 7.98. The van der Waals surface area contributed by atoms with Gasteiger partial charge in [-0.1, -0.05) is 6.42 Å². The van der Waals surface area contributed by atoms with E-state index in [1.165, 1.54) is 24.2 Å². The third kappa shape index (κ3) is 3.29. The predicted octanol–water partition coefficient (Wildman–Crippen LogP) is 1.80. The number of rotatable bonds is 3. The number of hydrogen-bond donors (Lipinski definition) is 1. The van der Waals surface area contributed by atoms with Crippen LogP contribution >= 0.6 is 23.7 Å². The van der Waals surface area contributed by atoms with Gasteiger partial charge in [0.1, 0.15) is 0 Å². The van der Waals surface area contributed by atoms with E-state index in [1.54, 1.807) is 10.5 Å². The Morgan fingerprint density at radius 1 is 1.48 bits per heavy atom. The van der Waals surface area contributed by atoms with Crippen molar-refractivity contribution in [3.63, 3.8) is 0 Å². The van der Waals surface area contributed by atoms with Crippen molar-refractivity contribution in [2.24, 2.45) is 5.73 Å². The zero-order chi connectivity index (χ0) is 14.1. The lowest BCUT2D eigenvalue weighted by molar-refractivity contribution is 0.143. The smallest absolute Gasteiger partial charge is 0.259 e. The van der Waals surface area contributed by atoms with E-state index < -0.39 is 0 Å². The molecule has 1 atom stereocenters. The van der Waals surface area contributed by atoms with Crippen LogP contribution in [0.4, 0.5) is 0 Å². The molecule has 1 saturated heterocycles. The number of aryl methyl sites for hydroxylation is 1. The molecule has 2 aromatic heterocycles. The molecule has 0 amide bonds. The monoisotopic (exact) mass is 328 g/mol. The molecule has 2 aromatic rings. The molecule has 21 heavy (non-hydrogen) atoms. The lowest BCUT2D eigenvalue weighted by Crippen LogP contribution is -2.43. The number of thiazole rings is 1. The van der Waals surface area contributed by atoms with Gasteiger partial charge in [0.15, 0.2) is 4.96 Å². The van der Waals surface area contributed by atoms with E-state index in [4.69, 9.17) is 5.73 Å². The van der Waals surface area contributed by atoms with Crippen LogP contribution in [0.5, 0.6) is 0 Å². The summed E-state index contributed by atoms with van der Waals surface area (Å²) in [7, 11) is 0. The molecule has 1 unspecified atom stereocenters. The average Bonchev–Trinajstić information content (AvgIpc) is 2.81. The second kappa shape index (κ2) is 6.87. The quantitative estimate of drug-likeness (QED) is 0.933. The molecule has 116 valence electrons. The van der Waals surface area contributed by atoms with E-state index in [0.29, 0.717) is 12.6 Å². The SMILES string of the molecule is Cc1csc2nc(CN3CCCCC3CN)cc(=O)n12.Cl. The molecule has 1 fully saturated rings. The molecule has 0 radical (unpaired) electrons. The van der Waals surface area contributed by atoms with E-state index >= 15 is 0 Å².